The van der Waals surface area contributed by atoms with Crippen LogP contribution in [0, 0.1) is 12.7 Å². The molecule has 0 spiro atoms. The van der Waals surface area contributed by atoms with E-state index in [1.807, 2.05) is 19.1 Å². The Morgan fingerprint density at radius 2 is 1.72 bits per heavy atom. The first-order chi connectivity index (χ1) is 17.0. The number of amides is 3. The van der Waals surface area contributed by atoms with Crippen LogP contribution < -0.4 is 16.4 Å². The van der Waals surface area contributed by atoms with Crippen LogP contribution in [0.3, 0.4) is 0 Å². The smallest absolute Gasteiger partial charge is 0.322 e. The Morgan fingerprint density at radius 1 is 1.03 bits per heavy atom. The molecule has 3 aromatic rings. The third-order valence-corrected chi connectivity index (χ3v) is 7.18. The number of urea groups is 1. The molecule has 0 radical (unpaired) electrons. The maximum absolute atomic E-state index is 15.0. The fourth-order valence-corrected chi connectivity index (χ4v) is 5.11. The number of sulfone groups is 1. The minimum atomic E-state index is -3.53. The Balaban J connectivity index is 1.51. The standard InChI is InChI=1S/C26H27FN4O4S/c1-16-7-10-19(11-8-16)29-26(33)31-15-18(28)14-23(31)25(32)30-22-12-9-17(13-21(22)27)20-5-3-4-6-24(20)36(2,34)35/h3-13,18,23H,14-15,28H2,1-2H3,(H,29,33)(H,30,32)/t18-,23+/m0/s1. The van der Waals surface area contributed by atoms with Gasteiger partial charge >= 0.3 is 6.03 Å². The van der Waals surface area contributed by atoms with Gasteiger partial charge in [-0.15, -0.1) is 0 Å². The summed E-state index contributed by atoms with van der Waals surface area (Å²) in [6.45, 7) is 2.11. The molecule has 10 heteroatoms. The zero-order valence-electron chi connectivity index (χ0n) is 19.9. The first-order valence-corrected chi connectivity index (χ1v) is 13.2. The number of likely N-dealkylation sites (tertiary alicyclic amines) is 1. The third kappa shape index (κ3) is 5.55. The Morgan fingerprint density at radius 3 is 2.39 bits per heavy atom. The predicted octanol–water partition coefficient (Wildman–Crippen LogP) is 3.78. The molecular formula is C26H27FN4O4S. The van der Waals surface area contributed by atoms with Crippen LogP contribution in [0.2, 0.25) is 0 Å². The monoisotopic (exact) mass is 510 g/mol. The Bertz CT molecular complexity index is 1410. The van der Waals surface area contributed by atoms with Crippen LogP contribution in [0.25, 0.3) is 11.1 Å². The van der Waals surface area contributed by atoms with Gasteiger partial charge in [-0.2, -0.15) is 0 Å². The van der Waals surface area contributed by atoms with Gasteiger partial charge < -0.3 is 21.3 Å². The van der Waals surface area contributed by atoms with Crippen LogP contribution >= 0.6 is 0 Å². The molecule has 8 nitrogen and oxygen atoms in total. The van der Waals surface area contributed by atoms with Gasteiger partial charge in [0.15, 0.2) is 9.84 Å². The molecule has 0 bridgehead atoms. The molecule has 1 saturated heterocycles. The van der Waals surface area contributed by atoms with Gasteiger partial charge in [0.05, 0.1) is 10.6 Å². The van der Waals surface area contributed by atoms with Gasteiger partial charge in [0, 0.05) is 30.1 Å². The molecule has 0 unspecified atom stereocenters. The van der Waals surface area contributed by atoms with Crippen molar-refractivity contribution in [3.8, 4) is 11.1 Å². The van der Waals surface area contributed by atoms with E-state index in [4.69, 9.17) is 5.73 Å². The largest absolute Gasteiger partial charge is 0.326 e. The predicted molar refractivity (Wildman–Crippen MR) is 137 cm³/mol. The second-order valence-corrected chi connectivity index (χ2v) is 10.9. The summed E-state index contributed by atoms with van der Waals surface area (Å²) in [5.74, 6) is -1.30. The number of anilines is 2. The van der Waals surface area contributed by atoms with Gasteiger partial charge in [-0.05, 0) is 49.2 Å². The van der Waals surface area contributed by atoms with Gasteiger partial charge in [-0.1, -0.05) is 42.0 Å². The van der Waals surface area contributed by atoms with Crippen molar-refractivity contribution in [1.82, 2.24) is 4.90 Å². The van der Waals surface area contributed by atoms with Crippen LogP contribution in [0.1, 0.15) is 12.0 Å². The summed E-state index contributed by atoms with van der Waals surface area (Å²) in [5.41, 5.74) is 8.29. The summed E-state index contributed by atoms with van der Waals surface area (Å²) in [7, 11) is -3.53. The third-order valence-electron chi connectivity index (χ3n) is 6.02. The Labute approximate surface area is 209 Å². The molecule has 4 N–H and O–H groups in total. The molecule has 1 heterocycles. The number of aryl methyl sites for hydroxylation is 1. The van der Waals surface area contributed by atoms with Gasteiger partial charge in [-0.3, -0.25) is 4.79 Å². The summed E-state index contributed by atoms with van der Waals surface area (Å²) < 4.78 is 39.2. The van der Waals surface area contributed by atoms with Crippen LogP contribution in [0.4, 0.5) is 20.6 Å². The molecule has 3 aromatic carbocycles. The highest BCUT2D eigenvalue weighted by atomic mass is 32.2. The summed E-state index contributed by atoms with van der Waals surface area (Å²) in [6.07, 6.45) is 1.32. The van der Waals surface area contributed by atoms with E-state index in [0.717, 1.165) is 11.8 Å². The second kappa shape index (κ2) is 10.1. The number of nitrogens with zero attached hydrogens (tertiary/aromatic N) is 1. The summed E-state index contributed by atoms with van der Waals surface area (Å²) in [4.78, 5) is 27.3. The molecule has 1 aliphatic heterocycles. The lowest BCUT2D eigenvalue weighted by Crippen LogP contribution is -2.45. The normalized spacial score (nSPS) is 17.6. The lowest BCUT2D eigenvalue weighted by Gasteiger charge is -2.24. The first kappa shape index (κ1) is 25.3. The van der Waals surface area contributed by atoms with Gasteiger partial charge in [0.25, 0.3) is 0 Å². The number of nitrogens with two attached hydrogens (primary N) is 1. The molecule has 2 atom stereocenters. The van der Waals surface area contributed by atoms with Crippen molar-refractivity contribution in [2.75, 3.05) is 23.4 Å². The molecule has 188 valence electrons. The van der Waals surface area contributed by atoms with Gasteiger partial charge in [-0.25, -0.2) is 17.6 Å². The number of carbonyl (C=O) groups is 2. The maximum Gasteiger partial charge on any atom is 0.322 e. The van der Waals surface area contributed by atoms with Crippen LogP contribution in [0.5, 0.6) is 0 Å². The number of nitrogens with one attached hydrogen (secondary N) is 2. The van der Waals surface area contributed by atoms with Gasteiger partial charge in [0.1, 0.15) is 11.9 Å². The highest BCUT2D eigenvalue weighted by molar-refractivity contribution is 7.90. The Kier molecular flexibility index (Phi) is 7.09. The van der Waals surface area contributed by atoms with Crippen LogP contribution in [-0.4, -0.2) is 50.1 Å². The SMILES string of the molecule is Cc1ccc(NC(=O)N2C[C@@H](N)C[C@@H]2C(=O)Nc2ccc(-c3ccccc3S(C)(=O)=O)cc2F)cc1. The fraction of sp³-hybridized carbons (Fsp3) is 0.231. The van der Waals surface area contributed by atoms with Crippen molar-refractivity contribution in [1.29, 1.82) is 0 Å². The van der Waals surface area contributed by atoms with E-state index >= 15 is 0 Å². The molecule has 3 amide bonds. The molecule has 36 heavy (non-hydrogen) atoms. The molecule has 1 aliphatic rings. The van der Waals surface area contributed by atoms with Crippen LogP contribution in [0.15, 0.2) is 71.6 Å². The van der Waals surface area contributed by atoms with Crippen molar-refractivity contribution < 1.29 is 22.4 Å². The van der Waals surface area contributed by atoms with E-state index < -0.39 is 39.7 Å². The number of hydrogen-bond donors (Lipinski definition) is 3. The van der Waals surface area contributed by atoms with Crippen molar-refractivity contribution >= 4 is 33.2 Å². The number of benzene rings is 3. The van der Waals surface area contributed by atoms with Crippen LogP contribution in [-0.2, 0) is 14.6 Å². The van der Waals surface area contributed by atoms with Crippen molar-refractivity contribution in [3.05, 3.63) is 78.1 Å². The van der Waals surface area contributed by atoms with Crippen molar-refractivity contribution in [2.45, 2.75) is 30.3 Å². The molecule has 4 rings (SSSR count). The lowest BCUT2D eigenvalue weighted by atomic mass is 10.0. The quantitative estimate of drug-likeness (QED) is 0.482. The van der Waals surface area contributed by atoms with E-state index in [-0.39, 0.29) is 23.5 Å². The number of carbonyl (C=O) groups excluding carboxylic acids is 2. The zero-order chi connectivity index (χ0) is 26.0. The van der Waals surface area contributed by atoms with Gasteiger partial charge in [0.2, 0.25) is 5.91 Å². The molecule has 1 fully saturated rings. The zero-order valence-corrected chi connectivity index (χ0v) is 20.7. The highest BCUT2D eigenvalue weighted by Crippen LogP contribution is 2.30. The molecule has 0 saturated carbocycles. The minimum Gasteiger partial charge on any atom is -0.326 e. The minimum absolute atomic E-state index is 0.0800. The number of rotatable bonds is 5. The lowest BCUT2D eigenvalue weighted by molar-refractivity contribution is -0.119. The number of hydrogen-bond acceptors (Lipinski definition) is 5. The Hall–Kier alpha value is -3.76. The molecule has 0 aliphatic carbocycles. The van der Waals surface area contributed by atoms with Crippen molar-refractivity contribution in [2.24, 2.45) is 5.73 Å². The summed E-state index contributed by atoms with van der Waals surface area (Å²) >= 11 is 0. The van der Waals surface area contributed by atoms with E-state index in [2.05, 4.69) is 10.6 Å². The number of halogens is 1. The maximum atomic E-state index is 15.0. The van der Waals surface area contributed by atoms with Crippen molar-refractivity contribution in [3.63, 3.8) is 0 Å². The molecule has 0 aromatic heterocycles. The summed E-state index contributed by atoms with van der Waals surface area (Å²) in [5, 5.41) is 5.31. The average Bonchev–Trinajstić information content (AvgIpc) is 3.23. The second-order valence-electron chi connectivity index (χ2n) is 8.91. The van der Waals surface area contributed by atoms with E-state index in [1.54, 1.807) is 30.3 Å². The van der Waals surface area contributed by atoms with E-state index in [9.17, 15) is 22.4 Å². The highest BCUT2D eigenvalue weighted by Gasteiger charge is 2.38. The summed E-state index contributed by atoms with van der Waals surface area (Å²) in [6, 6.07) is 15.9. The topological polar surface area (TPSA) is 122 Å². The average molecular weight is 511 g/mol. The fourth-order valence-electron chi connectivity index (χ4n) is 4.20. The van der Waals surface area contributed by atoms with E-state index in [0.29, 0.717) is 16.8 Å². The first-order valence-electron chi connectivity index (χ1n) is 11.3. The molecular weight excluding hydrogens is 483 g/mol. The van der Waals surface area contributed by atoms with E-state index in [1.165, 1.54) is 29.2 Å².